The fraction of sp³-hybridized carbons (Fsp3) is 0.133. The molecule has 0 radical (unpaired) electrons. The summed E-state index contributed by atoms with van der Waals surface area (Å²) in [6.45, 7) is 0. The molecule has 116 valence electrons. The lowest BCUT2D eigenvalue weighted by Gasteiger charge is -2.12. The largest absolute Gasteiger partial charge is 0.495 e. The standard InChI is InChI=1S/C15H12Cl3NO3/c1-21-13-4-3-9(7-11(13)17)19-15(20)10-5-8(16)6-12(18)14(10)22-2/h3-7H,1-2H3,(H,19,20). The highest BCUT2D eigenvalue weighted by molar-refractivity contribution is 6.36. The Kier molecular flexibility index (Phi) is 5.40. The molecule has 0 fully saturated rings. The average Bonchev–Trinajstić information content (AvgIpc) is 2.46. The highest BCUT2D eigenvalue weighted by Gasteiger charge is 2.17. The number of methoxy groups -OCH3 is 2. The number of carbonyl (C=O) groups is 1. The molecule has 1 amide bonds. The smallest absolute Gasteiger partial charge is 0.259 e. The zero-order valence-electron chi connectivity index (χ0n) is 11.7. The number of hydrogen-bond donors (Lipinski definition) is 1. The second-order valence-electron chi connectivity index (χ2n) is 4.27. The van der Waals surface area contributed by atoms with Crippen LogP contribution in [-0.2, 0) is 0 Å². The topological polar surface area (TPSA) is 47.6 Å². The van der Waals surface area contributed by atoms with Gasteiger partial charge in [-0.1, -0.05) is 34.8 Å². The first kappa shape index (κ1) is 16.7. The molecule has 2 aromatic carbocycles. The van der Waals surface area contributed by atoms with Gasteiger partial charge in [-0.25, -0.2) is 0 Å². The van der Waals surface area contributed by atoms with Crippen LogP contribution >= 0.6 is 34.8 Å². The van der Waals surface area contributed by atoms with Crippen LogP contribution in [0.15, 0.2) is 30.3 Å². The van der Waals surface area contributed by atoms with Crippen molar-refractivity contribution in [3.8, 4) is 11.5 Å². The Hall–Kier alpha value is -1.62. The van der Waals surface area contributed by atoms with Crippen molar-refractivity contribution in [2.45, 2.75) is 0 Å². The van der Waals surface area contributed by atoms with Crippen LogP contribution in [-0.4, -0.2) is 20.1 Å². The van der Waals surface area contributed by atoms with Gasteiger partial charge in [-0.3, -0.25) is 4.79 Å². The Labute approximate surface area is 142 Å². The summed E-state index contributed by atoms with van der Waals surface area (Å²) >= 11 is 18.0. The van der Waals surface area contributed by atoms with Crippen LogP contribution in [0.3, 0.4) is 0 Å². The second-order valence-corrected chi connectivity index (χ2v) is 5.52. The molecule has 0 aliphatic rings. The zero-order valence-corrected chi connectivity index (χ0v) is 14.0. The molecule has 0 aromatic heterocycles. The molecule has 0 spiro atoms. The summed E-state index contributed by atoms with van der Waals surface area (Å²) in [5, 5.41) is 3.68. The van der Waals surface area contributed by atoms with Gasteiger partial charge >= 0.3 is 0 Å². The predicted molar refractivity (Wildman–Crippen MR) is 89.0 cm³/mol. The van der Waals surface area contributed by atoms with Crippen LogP contribution in [0.1, 0.15) is 10.4 Å². The van der Waals surface area contributed by atoms with Crippen molar-refractivity contribution in [2.75, 3.05) is 19.5 Å². The van der Waals surface area contributed by atoms with E-state index in [1.165, 1.54) is 26.4 Å². The molecule has 2 rings (SSSR count). The van der Waals surface area contributed by atoms with Crippen molar-refractivity contribution in [1.29, 1.82) is 0 Å². The Morgan fingerprint density at radius 1 is 1.00 bits per heavy atom. The maximum atomic E-state index is 12.4. The van der Waals surface area contributed by atoms with Gasteiger partial charge in [-0.15, -0.1) is 0 Å². The summed E-state index contributed by atoms with van der Waals surface area (Å²) in [6.07, 6.45) is 0. The van der Waals surface area contributed by atoms with E-state index in [2.05, 4.69) is 5.32 Å². The summed E-state index contributed by atoms with van der Waals surface area (Å²) in [5.74, 6) is 0.355. The highest BCUT2D eigenvalue weighted by Crippen LogP contribution is 2.33. The monoisotopic (exact) mass is 359 g/mol. The molecule has 1 N–H and O–H groups in total. The number of amides is 1. The van der Waals surface area contributed by atoms with Crippen LogP contribution in [0.2, 0.25) is 15.1 Å². The Bertz CT molecular complexity index is 719. The zero-order chi connectivity index (χ0) is 16.3. The second kappa shape index (κ2) is 7.09. The lowest BCUT2D eigenvalue weighted by atomic mass is 10.1. The number of benzene rings is 2. The van der Waals surface area contributed by atoms with Crippen molar-refractivity contribution in [3.05, 3.63) is 51.0 Å². The summed E-state index contributed by atoms with van der Waals surface area (Å²) in [7, 11) is 2.94. The van der Waals surface area contributed by atoms with Crippen LogP contribution in [0.5, 0.6) is 11.5 Å². The molecule has 0 saturated heterocycles. The van der Waals surface area contributed by atoms with Gasteiger partial charge in [-0.05, 0) is 30.3 Å². The lowest BCUT2D eigenvalue weighted by Crippen LogP contribution is -2.13. The van der Waals surface area contributed by atoms with E-state index in [-0.39, 0.29) is 16.3 Å². The molecule has 4 nitrogen and oxygen atoms in total. The quantitative estimate of drug-likeness (QED) is 0.842. The maximum absolute atomic E-state index is 12.4. The lowest BCUT2D eigenvalue weighted by molar-refractivity contribution is 0.102. The SMILES string of the molecule is COc1ccc(NC(=O)c2cc(Cl)cc(Cl)c2OC)cc1Cl. The maximum Gasteiger partial charge on any atom is 0.259 e. The summed E-state index contributed by atoms with van der Waals surface area (Å²) in [5.41, 5.74) is 0.737. The molecule has 0 aliphatic carbocycles. The van der Waals surface area contributed by atoms with Crippen LogP contribution in [0, 0.1) is 0 Å². The van der Waals surface area contributed by atoms with Crippen LogP contribution < -0.4 is 14.8 Å². The summed E-state index contributed by atoms with van der Waals surface area (Å²) in [6, 6.07) is 7.88. The van der Waals surface area contributed by atoms with Gasteiger partial charge in [0.2, 0.25) is 0 Å². The Balaban J connectivity index is 2.31. The van der Waals surface area contributed by atoms with E-state index < -0.39 is 5.91 Å². The molecular weight excluding hydrogens is 349 g/mol. The summed E-state index contributed by atoms with van der Waals surface area (Å²) < 4.78 is 10.2. The van der Waals surface area contributed by atoms with E-state index in [1.807, 2.05) is 0 Å². The molecule has 0 unspecified atom stereocenters. The van der Waals surface area contributed by atoms with E-state index in [0.29, 0.717) is 21.5 Å². The van der Waals surface area contributed by atoms with Gasteiger partial charge in [0.05, 0.1) is 29.8 Å². The fourth-order valence-electron chi connectivity index (χ4n) is 1.88. The molecule has 0 bridgehead atoms. The van der Waals surface area contributed by atoms with E-state index in [1.54, 1.807) is 18.2 Å². The van der Waals surface area contributed by atoms with Crippen LogP contribution in [0.4, 0.5) is 5.69 Å². The number of halogens is 3. The fourth-order valence-corrected chi connectivity index (χ4v) is 2.71. The summed E-state index contributed by atoms with van der Waals surface area (Å²) in [4.78, 5) is 12.4. The number of hydrogen-bond acceptors (Lipinski definition) is 3. The van der Waals surface area contributed by atoms with Gasteiger partial charge in [0, 0.05) is 10.7 Å². The molecule has 0 aliphatic heterocycles. The minimum atomic E-state index is -0.414. The molecular formula is C15H12Cl3NO3. The van der Waals surface area contributed by atoms with Crippen molar-refractivity contribution < 1.29 is 14.3 Å². The first-order chi connectivity index (χ1) is 10.5. The van der Waals surface area contributed by atoms with E-state index in [0.717, 1.165) is 0 Å². The first-order valence-electron chi connectivity index (χ1n) is 6.14. The van der Waals surface area contributed by atoms with Gasteiger partial charge < -0.3 is 14.8 Å². The number of rotatable bonds is 4. The van der Waals surface area contributed by atoms with Gasteiger partial charge in [-0.2, -0.15) is 0 Å². The van der Waals surface area contributed by atoms with Gasteiger partial charge in [0.15, 0.2) is 0 Å². The van der Waals surface area contributed by atoms with Crippen molar-refractivity contribution in [3.63, 3.8) is 0 Å². The molecule has 0 atom stereocenters. The number of nitrogens with one attached hydrogen (secondary N) is 1. The van der Waals surface area contributed by atoms with Gasteiger partial charge in [0.25, 0.3) is 5.91 Å². The van der Waals surface area contributed by atoms with E-state index in [4.69, 9.17) is 44.3 Å². The minimum absolute atomic E-state index is 0.229. The van der Waals surface area contributed by atoms with Gasteiger partial charge in [0.1, 0.15) is 11.5 Å². The molecule has 2 aromatic rings. The Morgan fingerprint density at radius 2 is 1.73 bits per heavy atom. The predicted octanol–water partition coefficient (Wildman–Crippen LogP) is 4.92. The highest BCUT2D eigenvalue weighted by atomic mass is 35.5. The van der Waals surface area contributed by atoms with E-state index in [9.17, 15) is 4.79 Å². The third kappa shape index (κ3) is 3.58. The minimum Gasteiger partial charge on any atom is -0.495 e. The third-order valence-electron chi connectivity index (χ3n) is 2.87. The molecule has 22 heavy (non-hydrogen) atoms. The average molecular weight is 361 g/mol. The van der Waals surface area contributed by atoms with Crippen molar-refractivity contribution in [2.24, 2.45) is 0 Å². The number of carbonyl (C=O) groups excluding carboxylic acids is 1. The molecule has 7 heteroatoms. The molecule has 0 heterocycles. The number of anilines is 1. The number of ether oxygens (including phenoxy) is 2. The normalized spacial score (nSPS) is 10.2. The van der Waals surface area contributed by atoms with E-state index >= 15 is 0 Å². The third-order valence-corrected chi connectivity index (χ3v) is 3.66. The molecule has 0 saturated carbocycles. The Morgan fingerprint density at radius 3 is 2.32 bits per heavy atom. The first-order valence-corrected chi connectivity index (χ1v) is 7.27. The van der Waals surface area contributed by atoms with Crippen LogP contribution in [0.25, 0.3) is 0 Å². The van der Waals surface area contributed by atoms with Crippen molar-refractivity contribution >= 4 is 46.4 Å². The van der Waals surface area contributed by atoms with Crippen molar-refractivity contribution in [1.82, 2.24) is 0 Å².